The van der Waals surface area contributed by atoms with Crippen molar-refractivity contribution >= 4 is 28.9 Å². The van der Waals surface area contributed by atoms with Gasteiger partial charge in [0.15, 0.2) is 10.8 Å². The maximum atomic E-state index is 13.0. The molecule has 2 aromatic carbocycles. The van der Waals surface area contributed by atoms with Gasteiger partial charge in [0.25, 0.3) is 0 Å². The summed E-state index contributed by atoms with van der Waals surface area (Å²) in [4.78, 5) is 13.0. The second-order valence-electron chi connectivity index (χ2n) is 6.16. The molecule has 0 aromatic heterocycles. The van der Waals surface area contributed by atoms with Crippen LogP contribution in [0.2, 0.25) is 0 Å². The lowest BCUT2D eigenvalue weighted by Gasteiger charge is -2.50. The summed E-state index contributed by atoms with van der Waals surface area (Å²) in [5.41, 5.74) is 0.790. The average Bonchev–Trinajstić information content (AvgIpc) is 2.54. The summed E-state index contributed by atoms with van der Waals surface area (Å²) in [6.45, 7) is 1.86. The van der Waals surface area contributed by atoms with Crippen molar-refractivity contribution in [3.05, 3.63) is 60.2 Å². The third-order valence-corrected chi connectivity index (χ3v) is 4.69. The number of ether oxygens (including phenoxy) is 1. The standard InChI is InChI=1S/C18H17N3O2S/c1-18-14(16(22)19-11-7-3-2-4-8-11)15(20-17(24)21-18)12-9-5-6-10-13(12)23-18/h2-10,14-15H,1H3,(H,19,22)(H2,20,21,24)/t14-,15+,18-/m0/s1. The number of carbonyl (C=O) groups excluding carboxylic acids is 1. The Morgan fingerprint density at radius 2 is 1.88 bits per heavy atom. The van der Waals surface area contributed by atoms with Gasteiger partial charge in [-0.05, 0) is 37.3 Å². The maximum Gasteiger partial charge on any atom is 0.236 e. The Kier molecular flexibility index (Phi) is 3.42. The molecule has 4 rings (SSSR count). The Labute approximate surface area is 145 Å². The SMILES string of the molecule is C[C@]12NC(=S)N[C@H](c3ccccc3O1)[C@H]2C(=O)Nc1ccccc1. The number of benzene rings is 2. The number of carbonyl (C=O) groups is 1. The Bertz CT molecular complexity index is 811. The summed E-state index contributed by atoms with van der Waals surface area (Å²) in [7, 11) is 0. The van der Waals surface area contributed by atoms with Gasteiger partial charge in [0.05, 0.1) is 6.04 Å². The lowest BCUT2D eigenvalue weighted by molar-refractivity contribution is -0.132. The number of nitrogens with one attached hydrogen (secondary N) is 3. The predicted molar refractivity (Wildman–Crippen MR) is 95.6 cm³/mol. The molecule has 2 heterocycles. The van der Waals surface area contributed by atoms with Crippen molar-refractivity contribution in [3.8, 4) is 5.75 Å². The smallest absolute Gasteiger partial charge is 0.236 e. The fraction of sp³-hybridized carbons (Fsp3) is 0.222. The van der Waals surface area contributed by atoms with Crippen molar-refractivity contribution in [1.82, 2.24) is 10.6 Å². The highest BCUT2D eigenvalue weighted by molar-refractivity contribution is 7.80. The molecule has 2 aliphatic heterocycles. The second-order valence-corrected chi connectivity index (χ2v) is 6.56. The third-order valence-electron chi connectivity index (χ3n) is 4.47. The van der Waals surface area contributed by atoms with Gasteiger partial charge in [-0.25, -0.2) is 0 Å². The zero-order valence-electron chi connectivity index (χ0n) is 13.1. The van der Waals surface area contributed by atoms with Crippen molar-refractivity contribution < 1.29 is 9.53 Å². The molecule has 1 amide bonds. The largest absolute Gasteiger partial charge is 0.467 e. The van der Waals surface area contributed by atoms with Crippen LogP contribution < -0.4 is 20.7 Å². The van der Waals surface area contributed by atoms with Crippen LogP contribution in [0.1, 0.15) is 18.5 Å². The van der Waals surface area contributed by atoms with E-state index in [0.29, 0.717) is 5.11 Å². The first-order valence-electron chi connectivity index (χ1n) is 7.79. The van der Waals surface area contributed by atoms with Crippen LogP contribution in [0.4, 0.5) is 5.69 Å². The molecular formula is C18H17N3O2S. The van der Waals surface area contributed by atoms with Crippen LogP contribution in [0.25, 0.3) is 0 Å². The summed E-state index contributed by atoms with van der Waals surface area (Å²) in [5.74, 6) is 0.168. The van der Waals surface area contributed by atoms with E-state index in [1.54, 1.807) is 0 Å². The van der Waals surface area contributed by atoms with E-state index in [1.165, 1.54) is 0 Å². The van der Waals surface area contributed by atoms with E-state index in [2.05, 4.69) is 16.0 Å². The Balaban J connectivity index is 1.72. The molecule has 0 saturated carbocycles. The van der Waals surface area contributed by atoms with Crippen molar-refractivity contribution in [1.29, 1.82) is 0 Å². The summed E-state index contributed by atoms with van der Waals surface area (Å²) in [6.07, 6.45) is 0. The van der Waals surface area contributed by atoms with Crippen LogP contribution in [0.15, 0.2) is 54.6 Å². The molecule has 1 saturated heterocycles. The summed E-state index contributed by atoms with van der Waals surface area (Å²) >= 11 is 5.30. The molecule has 0 aliphatic carbocycles. The fourth-order valence-electron chi connectivity index (χ4n) is 3.43. The monoisotopic (exact) mass is 339 g/mol. The highest BCUT2D eigenvalue weighted by Gasteiger charge is 2.54. The first-order valence-corrected chi connectivity index (χ1v) is 8.20. The van der Waals surface area contributed by atoms with Gasteiger partial charge in [-0.3, -0.25) is 4.79 Å². The Morgan fingerprint density at radius 1 is 1.17 bits per heavy atom. The number of amides is 1. The molecule has 0 unspecified atom stereocenters. The number of rotatable bonds is 2. The molecule has 2 aliphatic rings. The van der Waals surface area contributed by atoms with Crippen molar-refractivity contribution in [2.75, 3.05) is 5.32 Å². The highest BCUT2D eigenvalue weighted by atomic mass is 32.1. The summed E-state index contributed by atoms with van der Waals surface area (Å²) in [6, 6.07) is 16.9. The molecule has 2 bridgehead atoms. The number of fused-ring (bicyclic) bond motifs is 4. The number of thiocarbonyl (C=S) groups is 1. The molecule has 24 heavy (non-hydrogen) atoms. The predicted octanol–water partition coefficient (Wildman–Crippen LogP) is 2.57. The zero-order chi connectivity index (χ0) is 16.7. The minimum atomic E-state index is -0.903. The van der Waals surface area contributed by atoms with Gasteiger partial charge in [-0.1, -0.05) is 36.4 Å². The van der Waals surface area contributed by atoms with Gasteiger partial charge in [0.2, 0.25) is 5.91 Å². The van der Waals surface area contributed by atoms with Crippen molar-refractivity contribution in [2.45, 2.75) is 18.7 Å². The van der Waals surface area contributed by atoms with E-state index in [9.17, 15) is 4.79 Å². The quantitative estimate of drug-likeness (QED) is 0.734. The van der Waals surface area contributed by atoms with Crippen LogP contribution in [0.5, 0.6) is 5.75 Å². The van der Waals surface area contributed by atoms with Crippen LogP contribution >= 0.6 is 12.2 Å². The molecule has 5 nitrogen and oxygen atoms in total. The van der Waals surface area contributed by atoms with E-state index >= 15 is 0 Å². The van der Waals surface area contributed by atoms with E-state index in [4.69, 9.17) is 17.0 Å². The molecule has 0 spiro atoms. The lowest BCUT2D eigenvalue weighted by atomic mass is 9.80. The first-order chi connectivity index (χ1) is 11.6. The third kappa shape index (κ3) is 2.39. The molecule has 6 heteroatoms. The summed E-state index contributed by atoms with van der Waals surface area (Å²) < 4.78 is 6.13. The van der Waals surface area contributed by atoms with E-state index in [0.717, 1.165) is 17.0 Å². The van der Waals surface area contributed by atoms with Crippen LogP contribution in [0.3, 0.4) is 0 Å². The molecule has 3 atom stereocenters. The normalized spacial score (nSPS) is 27.1. The van der Waals surface area contributed by atoms with Gasteiger partial charge < -0.3 is 20.7 Å². The topological polar surface area (TPSA) is 62.4 Å². The van der Waals surface area contributed by atoms with E-state index in [-0.39, 0.29) is 11.9 Å². The fourth-order valence-corrected chi connectivity index (χ4v) is 3.76. The number of anilines is 1. The van der Waals surface area contributed by atoms with Crippen LogP contribution in [0, 0.1) is 5.92 Å². The van der Waals surface area contributed by atoms with Gasteiger partial charge in [0.1, 0.15) is 11.7 Å². The molecular weight excluding hydrogens is 322 g/mol. The van der Waals surface area contributed by atoms with Gasteiger partial charge in [-0.15, -0.1) is 0 Å². The lowest BCUT2D eigenvalue weighted by Crippen LogP contribution is -2.70. The Morgan fingerprint density at radius 3 is 2.67 bits per heavy atom. The van der Waals surface area contributed by atoms with Crippen LogP contribution in [-0.4, -0.2) is 16.7 Å². The van der Waals surface area contributed by atoms with Crippen molar-refractivity contribution in [3.63, 3.8) is 0 Å². The molecule has 2 aromatic rings. The molecule has 3 N–H and O–H groups in total. The Hall–Kier alpha value is -2.60. The number of para-hydroxylation sites is 2. The average molecular weight is 339 g/mol. The minimum Gasteiger partial charge on any atom is -0.467 e. The number of hydrogen-bond acceptors (Lipinski definition) is 3. The van der Waals surface area contributed by atoms with Gasteiger partial charge in [0, 0.05) is 11.3 Å². The van der Waals surface area contributed by atoms with E-state index < -0.39 is 11.6 Å². The van der Waals surface area contributed by atoms with Gasteiger partial charge in [-0.2, -0.15) is 0 Å². The molecule has 1 fully saturated rings. The zero-order valence-corrected chi connectivity index (χ0v) is 13.9. The molecule has 122 valence electrons. The number of hydrogen-bond donors (Lipinski definition) is 3. The van der Waals surface area contributed by atoms with Crippen molar-refractivity contribution in [2.24, 2.45) is 5.92 Å². The summed E-state index contributed by atoms with van der Waals surface area (Å²) in [5, 5.41) is 9.80. The second kappa shape index (κ2) is 5.49. The maximum absolute atomic E-state index is 13.0. The van der Waals surface area contributed by atoms with Gasteiger partial charge >= 0.3 is 0 Å². The first kappa shape index (κ1) is 15.0. The molecule has 0 radical (unpaired) electrons. The van der Waals surface area contributed by atoms with Crippen LogP contribution in [-0.2, 0) is 4.79 Å². The highest BCUT2D eigenvalue weighted by Crippen LogP contribution is 2.44. The minimum absolute atomic E-state index is 0.120. The van der Waals surface area contributed by atoms with E-state index in [1.807, 2.05) is 61.5 Å².